The van der Waals surface area contributed by atoms with Gasteiger partial charge in [0.25, 0.3) is 0 Å². The Balaban J connectivity index is 1.65. The molecule has 2 aromatic rings. The van der Waals surface area contributed by atoms with E-state index in [2.05, 4.69) is 35.4 Å². The second kappa shape index (κ2) is 3.82. The van der Waals surface area contributed by atoms with Crippen LogP contribution in [0.25, 0.3) is 10.2 Å². The molecule has 0 aliphatic heterocycles. The lowest BCUT2D eigenvalue weighted by atomic mass is 10.1. The molecule has 1 aliphatic rings. The standard InChI is InChI=1S/C13H16N2S/c1-13(6-7-13)9-14-8-12-15-10-4-2-3-5-11(10)16-12/h2-5,14H,6-9H2,1H3. The normalized spacial score (nSPS) is 17.8. The molecule has 0 unspecified atom stereocenters. The maximum absolute atomic E-state index is 4.61. The molecule has 3 heteroatoms. The van der Waals surface area contributed by atoms with E-state index in [1.54, 1.807) is 11.3 Å². The van der Waals surface area contributed by atoms with Gasteiger partial charge in [-0.15, -0.1) is 11.3 Å². The molecule has 1 aliphatic carbocycles. The largest absolute Gasteiger partial charge is 0.310 e. The number of nitrogens with one attached hydrogen (secondary N) is 1. The Morgan fingerprint density at radius 2 is 2.19 bits per heavy atom. The number of benzene rings is 1. The molecular formula is C13H16N2S. The van der Waals surface area contributed by atoms with Gasteiger partial charge in [-0.05, 0) is 30.4 Å². The number of hydrogen-bond donors (Lipinski definition) is 1. The van der Waals surface area contributed by atoms with E-state index in [1.165, 1.54) is 22.5 Å². The molecule has 84 valence electrons. The third-order valence-electron chi connectivity index (χ3n) is 3.27. The third kappa shape index (κ3) is 2.11. The molecule has 0 bridgehead atoms. The zero-order valence-electron chi connectivity index (χ0n) is 9.49. The average Bonchev–Trinajstić information content (AvgIpc) is 2.87. The summed E-state index contributed by atoms with van der Waals surface area (Å²) in [5.74, 6) is 0. The Kier molecular flexibility index (Phi) is 2.45. The maximum atomic E-state index is 4.61. The van der Waals surface area contributed by atoms with Gasteiger partial charge in [-0.3, -0.25) is 0 Å². The number of rotatable bonds is 4. The first-order chi connectivity index (χ1) is 7.75. The van der Waals surface area contributed by atoms with Gasteiger partial charge in [0, 0.05) is 13.1 Å². The van der Waals surface area contributed by atoms with E-state index < -0.39 is 0 Å². The van der Waals surface area contributed by atoms with Gasteiger partial charge < -0.3 is 5.32 Å². The van der Waals surface area contributed by atoms with Crippen LogP contribution >= 0.6 is 11.3 Å². The van der Waals surface area contributed by atoms with Gasteiger partial charge in [0.2, 0.25) is 0 Å². The monoisotopic (exact) mass is 232 g/mol. The fourth-order valence-corrected chi connectivity index (χ4v) is 2.79. The number of thiazole rings is 1. The summed E-state index contributed by atoms with van der Waals surface area (Å²) >= 11 is 1.79. The van der Waals surface area contributed by atoms with Crippen molar-refractivity contribution in [3.8, 4) is 0 Å². The first-order valence-corrected chi connectivity index (χ1v) is 6.62. The molecule has 1 heterocycles. The molecule has 0 amide bonds. The molecule has 1 aromatic carbocycles. The lowest BCUT2D eigenvalue weighted by molar-refractivity contribution is 0.499. The SMILES string of the molecule is CC1(CNCc2nc3ccccc3s2)CC1. The average molecular weight is 232 g/mol. The number of hydrogen-bond acceptors (Lipinski definition) is 3. The van der Waals surface area contributed by atoms with Crippen LogP contribution in [0.4, 0.5) is 0 Å². The van der Waals surface area contributed by atoms with Crippen molar-refractivity contribution in [1.82, 2.24) is 10.3 Å². The number of nitrogens with zero attached hydrogens (tertiary/aromatic N) is 1. The zero-order chi connectivity index (χ0) is 11.0. The van der Waals surface area contributed by atoms with Crippen molar-refractivity contribution in [3.63, 3.8) is 0 Å². The molecule has 16 heavy (non-hydrogen) atoms. The summed E-state index contributed by atoms with van der Waals surface area (Å²) in [7, 11) is 0. The minimum absolute atomic E-state index is 0.580. The Bertz CT molecular complexity index is 466. The van der Waals surface area contributed by atoms with Gasteiger partial charge >= 0.3 is 0 Å². The topological polar surface area (TPSA) is 24.9 Å². The fourth-order valence-electron chi connectivity index (χ4n) is 1.86. The quantitative estimate of drug-likeness (QED) is 0.875. The molecule has 0 radical (unpaired) electrons. The van der Waals surface area contributed by atoms with Crippen molar-refractivity contribution in [2.24, 2.45) is 5.41 Å². The summed E-state index contributed by atoms with van der Waals surface area (Å²) in [6.45, 7) is 4.39. The Morgan fingerprint density at radius 3 is 2.94 bits per heavy atom. The summed E-state index contributed by atoms with van der Waals surface area (Å²) in [6, 6.07) is 8.34. The summed E-state index contributed by atoms with van der Waals surface area (Å²) in [6.07, 6.45) is 2.75. The summed E-state index contributed by atoms with van der Waals surface area (Å²) in [5, 5.41) is 4.71. The van der Waals surface area contributed by atoms with E-state index in [0.717, 1.165) is 18.6 Å². The minimum atomic E-state index is 0.580. The molecule has 0 spiro atoms. The van der Waals surface area contributed by atoms with Crippen LogP contribution in [0, 0.1) is 5.41 Å². The van der Waals surface area contributed by atoms with E-state index in [1.807, 2.05) is 6.07 Å². The van der Waals surface area contributed by atoms with E-state index in [0.29, 0.717) is 5.41 Å². The Labute approximate surface area is 99.7 Å². The highest BCUT2D eigenvalue weighted by Gasteiger charge is 2.36. The predicted molar refractivity (Wildman–Crippen MR) is 68.7 cm³/mol. The van der Waals surface area contributed by atoms with Crippen molar-refractivity contribution in [2.75, 3.05) is 6.54 Å². The van der Waals surface area contributed by atoms with Crippen LogP contribution in [0.1, 0.15) is 24.8 Å². The van der Waals surface area contributed by atoms with E-state index >= 15 is 0 Å². The lowest BCUT2D eigenvalue weighted by Gasteiger charge is -2.07. The Morgan fingerprint density at radius 1 is 1.38 bits per heavy atom. The lowest BCUT2D eigenvalue weighted by Crippen LogP contribution is -2.21. The highest BCUT2D eigenvalue weighted by molar-refractivity contribution is 7.18. The Hall–Kier alpha value is -0.930. The second-order valence-corrected chi connectivity index (χ2v) is 6.10. The number of fused-ring (bicyclic) bond motifs is 1. The zero-order valence-corrected chi connectivity index (χ0v) is 10.3. The highest BCUT2D eigenvalue weighted by atomic mass is 32.1. The van der Waals surface area contributed by atoms with Gasteiger partial charge in [0.15, 0.2) is 0 Å². The van der Waals surface area contributed by atoms with Crippen LogP contribution in [0.3, 0.4) is 0 Å². The van der Waals surface area contributed by atoms with Gasteiger partial charge in [-0.1, -0.05) is 19.1 Å². The first kappa shape index (κ1) is 10.2. The maximum Gasteiger partial charge on any atom is 0.108 e. The third-order valence-corrected chi connectivity index (χ3v) is 4.31. The number of aromatic nitrogens is 1. The van der Waals surface area contributed by atoms with Crippen molar-refractivity contribution in [2.45, 2.75) is 26.3 Å². The smallest absolute Gasteiger partial charge is 0.108 e. The van der Waals surface area contributed by atoms with Gasteiger partial charge in [-0.25, -0.2) is 4.98 Å². The van der Waals surface area contributed by atoms with E-state index in [9.17, 15) is 0 Å². The van der Waals surface area contributed by atoms with Gasteiger partial charge in [0.05, 0.1) is 10.2 Å². The highest BCUT2D eigenvalue weighted by Crippen LogP contribution is 2.44. The van der Waals surface area contributed by atoms with Gasteiger partial charge in [0.1, 0.15) is 5.01 Å². The fraction of sp³-hybridized carbons (Fsp3) is 0.462. The molecule has 1 N–H and O–H groups in total. The molecule has 2 nitrogen and oxygen atoms in total. The van der Waals surface area contributed by atoms with Crippen LogP contribution in [0.15, 0.2) is 24.3 Å². The molecule has 0 saturated heterocycles. The molecular weight excluding hydrogens is 216 g/mol. The van der Waals surface area contributed by atoms with Crippen molar-refractivity contribution in [3.05, 3.63) is 29.3 Å². The summed E-state index contributed by atoms with van der Waals surface area (Å²) in [5.41, 5.74) is 1.71. The summed E-state index contributed by atoms with van der Waals surface area (Å²) in [4.78, 5) is 4.61. The van der Waals surface area contributed by atoms with E-state index in [-0.39, 0.29) is 0 Å². The first-order valence-electron chi connectivity index (χ1n) is 5.80. The number of para-hydroxylation sites is 1. The van der Waals surface area contributed by atoms with E-state index in [4.69, 9.17) is 0 Å². The van der Waals surface area contributed by atoms with Crippen molar-refractivity contribution in [1.29, 1.82) is 0 Å². The van der Waals surface area contributed by atoms with Crippen LogP contribution < -0.4 is 5.32 Å². The predicted octanol–water partition coefficient (Wildman–Crippen LogP) is 3.19. The van der Waals surface area contributed by atoms with Gasteiger partial charge in [-0.2, -0.15) is 0 Å². The molecule has 1 saturated carbocycles. The van der Waals surface area contributed by atoms with Crippen molar-refractivity contribution >= 4 is 21.6 Å². The van der Waals surface area contributed by atoms with Crippen LogP contribution in [0.5, 0.6) is 0 Å². The van der Waals surface area contributed by atoms with Crippen LogP contribution in [-0.2, 0) is 6.54 Å². The van der Waals surface area contributed by atoms with Crippen molar-refractivity contribution < 1.29 is 0 Å². The molecule has 1 fully saturated rings. The molecule has 3 rings (SSSR count). The van der Waals surface area contributed by atoms with Crippen LogP contribution in [0.2, 0.25) is 0 Å². The van der Waals surface area contributed by atoms with Crippen LogP contribution in [-0.4, -0.2) is 11.5 Å². The minimum Gasteiger partial charge on any atom is -0.310 e. The molecule has 0 atom stereocenters. The second-order valence-electron chi connectivity index (χ2n) is 4.99. The summed E-state index contributed by atoms with van der Waals surface area (Å²) < 4.78 is 1.29. The molecule has 1 aromatic heterocycles.